The van der Waals surface area contributed by atoms with E-state index in [1.165, 1.54) is 30.2 Å². The summed E-state index contributed by atoms with van der Waals surface area (Å²) in [6.07, 6.45) is 4.44. The largest absolute Gasteiger partial charge is 0.349 e. The van der Waals surface area contributed by atoms with E-state index in [4.69, 9.17) is 0 Å². The molecule has 0 spiro atoms. The molecule has 1 aliphatic rings. The Labute approximate surface area is 122 Å². The molecule has 1 amide bonds. The zero-order valence-corrected chi connectivity index (χ0v) is 12.3. The van der Waals surface area contributed by atoms with Crippen LogP contribution in [0.5, 0.6) is 0 Å². The molecule has 1 aromatic heterocycles. The van der Waals surface area contributed by atoms with Crippen LogP contribution in [-0.2, 0) is 0 Å². The third-order valence-corrected chi connectivity index (χ3v) is 5.18. The predicted octanol–water partition coefficient (Wildman–Crippen LogP) is 4.35. The molecule has 2 aromatic rings. The SMILES string of the molecule is CC1CCC(NC(=O)c2cc3c(F)cccc3s2)CC1. The number of halogens is 1. The number of amides is 1. The summed E-state index contributed by atoms with van der Waals surface area (Å²) in [4.78, 5) is 12.9. The third kappa shape index (κ3) is 2.70. The summed E-state index contributed by atoms with van der Waals surface area (Å²) in [5, 5.41) is 3.63. The molecule has 0 saturated heterocycles. The Hall–Kier alpha value is -1.42. The number of fused-ring (bicyclic) bond motifs is 1. The van der Waals surface area contributed by atoms with Gasteiger partial charge in [-0.05, 0) is 49.8 Å². The highest BCUT2D eigenvalue weighted by Crippen LogP contribution is 2.28. The topological polar surface area (TPSA) is 29.1 Å². The fourth-order valence-corrected chi connectivity index (χ4v) is 3.78. The first-order chi connectivity index (χ1) is 9.63. The van der Waals surface area contributed by atoms with Gasteiger partial charge in [-0.3, -0.25) is 4.79 Å². The van der Waals surface area contributed by atoms with Crippen molar-refractivity contribution in [1.29, 1.82) is 0 Å². The normalized spacial score (nSPS) is 22.9. The maximum atomic E-state index is 13.6. The Morgan fingerprint density at radius 2 is 2.05 bits per heavy atom. The monoisotopic (exact) mass is 291 g/mol. The van der Waals surface area contributed by atoms with Crippen molar-refractivity contribution < 1.29 is 9.18 Å². The highest BCUT2D eigenvalue weighted by atomic mass is 32.1. The van der Waals surface area contributed by atoms with Crippen molar-refractivity contribution in [3.63, 3.8) is 0 Å². The first-order valence-corrected chi connectivity index (χ1v) is 7.94. The number of rotatable bonds is 2. The lowest BCUT2D eigenvalue weighted by Crippen LogP contribution is -2.36. The number of carbonyl (C=O) groups is 1. The molecule has 106 valence electrons. The zero-order valence-electron chi connectivity index (χ0n) is 11.5. The molecule has 0 unspecified atom stereocenters. The average molecular weight is 291 g/mol. The average Bonchev–Trinajstić information content (AvgIpc) is 2.87. The molecular formula is C16H18FNOS. The zero-order chi connectivity index (χ0) is 14.1. The lowest BCUT2D eigenvalue weighted by Gasteiger charge is -2.26. The van der Waals surface area contributed by atoms with E-state index in [-0.39, 0.29) is 17.8 Å². The van der Waals surface area contributed by atoms with Crippen LogP contribution in [0.25, 0.3) is 10.1 Å². The van der Waals surface area contributed by atoms with Gasteiger partial charge in [-0.15, -0.1) is 11.3 Å². The minimum Gasteiger partial charge on any atom is -0.349 e. The first-order valence-electron chi connectivity index (χ1n) is 7.12. The molecule has 1 N–H and O–H groups in total. The summed E-state index contributed by atoms with van der Waals surface area (Å²) in [6.45, 7) is 2.26. The maximum Gasteiger partial charge on any atom is 0.261 e. The second-order valence-electron chi connectivity index (χ2n) is 5.69. The second-order valence-corrected chi connectivity index (χ2v) is 6.78. The molecule has 1 fully saturated rings. The second kappa shape index (κ2) is 5.52. The van der Waals surface area contributed by atoms with E-state index in [0.29, 0.717) is 10.3 Å². The van der Waals surface area contributed by atoms with E-state index in [9.17, 15) is 9.18 Å². The summed E-state index contributed by atoms with van der Waals surface area (Å²) < 4.78 is 14.5. The van der Waals surface area contributed by atoms with E-state index in [0.717, 1.165) is 23.5 Å². The van der Waals surface area contributed by atoms with Crippen LogP contribution in [0.2, 0.25) is 0 Å². The highest BCUT2D eigenvalue weighted by molar-refractivity contribution is 7.20. The van der Waals surface area contributed by atoms with Crippen molar-refractivity contribution >= 4 is 27.3 Å². The predicted molar refractivity (Wildman–Crippen MR) is 80.7 cm³/mol. The van der Waals surface area contributed by atoms with Crippen molar-refractivity contribution in [1.82, 2.24) is 5.32 Å². The molecule has 1 saturated carbocycles. The number of hydrogen-bond donors (Lipinski definition) is 1. The molecule has 1 heterocycles. The lowest BCUT2D eigenvalue weighted by molar-refractivity contribution is 0.0927. The molecule has 1 aromatic carbocycles. The summed E-state index contributed by atoms with van der Waals surface area (Å²) in [5.74, 6) is 0.441. The van der Waals surface area contributed by atoms with Gasteiger partial charge in [0.05, 0.1) is 4.88 Å². The van der Waals surface area contributed by atoms with Gasteiger partial charge in [-0.2, -0.15) is 0 Å². The summed E-state index contributed by atoms with van der Waals surface area (Å²) in [6, 6.07) is 6.89. The minimum atomic E-state index is -0.260. The van der Waals surface area contributed by atoms with E-state index in [1.807, 2.05) is 6.07 Å². The van der Waals surface area contributed by atoms with Gasteiger partial charge in [0.25, 0.3) is 5.91 Å². The van der Waals surface area contributed by atoms with Crippen LogP contribution >= 0.6 is 11.3 Å². The number of thiophene rings is 1. The molecular weight excluding hydrogens is 273 g/mol. The Morgan fingerprint density at radius 3 is 2.75 bits per heavy atom. The van der Waals surface area contributed by atoms with Crippen molar-refractivity contribution in [2.24, 2.45) is 5.92 Å². The van der Waals surface area contributed by atoms with Gasteiger partial charge in [0, 0.05) is 16.1 Å². The van der Waals surface area contributed by atoms with Gasteiger partial charge in [0.1, 0.15) is 5.82 Å². The summed E-state index contributed by atoms with van der Waals surface area (Å²) in [7, 11) is 0. The quantitative estimate of drug-likeness (QED) is 0.875. The molecule has 3 rings (SSSR count). The van der Waals surface area contributed by atoms with E-state index in [1.54, 1.807) is 12.1 Å². The van der Waals surface area contributed by atoms with Gasteiger partial charge < -0.3 is 5.32 Å². The summed E-state index contributed by atoms with van der Waals surface area (Å²) >= 11 is 1.36. The fourth-order valence-electron chi connectivity index (χ4n) is 2.80. The Morgan fingerprint density at radius 1 is 1.30 bits per heavy atom. The van der Waals surface area contributed by atoms with E-state index < -0.39 is 0 Å². The van der Waals surface area contributed by atoms with Gasteiger partial charge in [0.2, 0.25) is 0 Å². The van der Waals surface area contributed by atoms with Crippen LogP contribution in [0.4, 0.5) is 4.39 Å². The van der Waals surface area contributed by atoms with Gasteiger partial charge >= 0.3 is 0 Å². The Kier molecular flexibility index (Phi) is 3.74. The number of benzene rings is 1. The van der Waals surface area contributed by atoms with Crippen LogP contribution in [0, 0.1) is 11.7 Å². The van der Waals surface area contributed by atoms with Crippen LogP contribution in [0.15, 0.2) is 24.3 Å². The number of carbonyl (C=O) groups excluding carboxylic acids is 1. The standard InChI is InChI=1S/C16H18FNOS/c1-10-5-7-11(8-6-10)18-16(19)15-9-12-13(17)3-2-4-14(12)20-15/h2-4,9-11H,5-8H2,1H3,(H,18,19). The number of hydrogen-bond acceptors (Lipinski definition) is 2. The van der Waals surface area contributed by atoms with Crippen LogP contribution in [0.3, 0.4) is 0 Å². The molecule has 1 aliphatic carbocycles. The Balaban J connectivity index is 1.74. The molecule has 0 atom stereocenters. The minimum absolute atomic E-state index is 0.0647. The van der Waals surface area contributed by atoms with Crippen molar-refractivity contribution in [3.8, 4) is 0 Å². The van der Waals surface area contributed by atoms with Crippen molar-refractivity contribution in [2.75, 3.05) is 0 Å². The van der Waals surface area contributed by atoms with Gasteiger partial charge in [-0.25, -0.2) is 4.39 Å². The highest BCUT2D eigenvalue weighted by Gasteiger charge is 2.21. The molecule has 4 heteroatoms. The van der Waals surface area contributed by atoms with Gasteiger partial charge in [-0.1, -0.05) is 13.0 Å². The van der Waals surface area contributed by atoms with Crippen LogP contribution in [0.1, 0.15) is 42.3 Å². The fraction of sp³-hybridized carbons (Fsp3) is 0.438. The maximum absolute atomic E-state index is 13.6. The molecule has 20 heavy (non-hydrogen) atoms. The van der Waals surface area contributed by atoms with Crippen molar-refractivity contribution in [2.45, 2.75) is 38.6 Å². The van der Waals surface area contributed by atoms with Crippen molar-refractivity contribution in [3.05, 3.63) is 35.0 Å². The molecule has 2 nitrogen and oxygen atoms in total. The summed E-state index contributed by atoms with van der Waals surface area (Å²) in [5.41, 5.74) is 0. The molecule has 0 bridgehead atoms. The van der Waals surface area contributed by atoms with Crippen LogP contribution < -0.4 is 5.32 Å². The van der Waals surface area contributed by atoms with Gasteiger partial charge in [0.15, 0.2) is 0 Å². The third-order valence-electron chi connectivity index (χ3n) is 4.08. The molecule has 0 aliphatic heterocycles. The van der Waals surface area contributed by atoms with Crippen LogP contribution in [-0.4, -0.2) is 11.9 Å². The van der Waals surface area contributed by atoms with E-state index in [2.05, 4.69) is 12.2 Å². The smallest absolute Gasteiger partial charge is 0.261 e. The Bertz CT molecular complexity index is 628. The first kappa shape index (κ1) is 13.6. The lowest BCUT2D eigenvalue weighted by atomic mass is 9.87. The number of nitrogens with one attached hydrogen (secondary N) is 1. The molecule has 0 radical (unpaired) electrons. The van der Waals surface area contributed by atoms with E-state index >= 15 is 0 Å².